The van der Waals surface area contributed by atoms with Gasteiger partial charge in [-0.25, -0.2) is 0 Å². The van der Waals surface area contributed by atoms with E-state index in [4.69, 9.17) is 0 Å². The standard InChI is InChI=1S/C11H18N.2C2H6.K/c1-10-5-3-4-6-11(10)7-8-12(2)9-11;2*1-2;/h3-4,6-9H2,1-2H3;2*1-2H3;/q-1;;;+1. The molecule has 0 radical (unpaired) electrons. The Morgan fingerprint density at radius 2 is 1.71 bits per heavy atom. The zero-order chi connectivity index (χ0) is 12.6. The minimum atomic E-state index is 0. The molecule has 1 fully saturated rings. The van der Waals surface area contributed by atoms with E-state index in [1.54, 1.807) is 0 Å². The topological polar surface area (TPSA) is 3.24 Å². The first kappa shape index (κ1) is 20.6. The molecule has 2 rings (SSSR count). The first-order valence-corrected chi connectivity index (χ1v) is 6.99. The zero-order valence-electron chi connectivity index (χ0n) is 13.2. The maximum absolute atomic E-state index is 3.53. The van der Waals surface area contributed by atoms with Crippen molar-refractivity contribution in [1.29, 1.82) is 0 Å². The summed E-state index contributed by atoms with van der Waals surface area (Å²) in [6.45, 7) is 12.8. The molecule has 0 N–H and O–H groups in total. The van der Waals surface area contributed by atoms with Gasteiger partial charge in [0.25, 0.3) is 0 Å². The second-order valence-electron chi connectivity index (χ2n) is 4.42. The average Bonchev–Trinajstić information content (AvgIpc) is 2.71. The number of rotatable bonds is 0. The molecule has 17 heavy (non-hydrogen) atoms. The summed E-state index contributed by atoms with van der Waals surface area (Å²) in [4.78, 5) is 2.45. The molecule has 0 saturated carbocycles. The van der Waals surface area contributed by atoms with E-state index >= 15 is 0 Å². The van der Waals surface area contributed by atoms with Gasteiger partial charge < -0.3 is 11.0 Å². The summed E-state index contributed by atoms with van der Waals surface area (Å²) in [5.74, 6) is 0. The molecule has 1 aliphatic heterocycles. The first-order valence-electron chi connectivity index (χ1n) is 6.99. The molecule has 96 valence electrons. The van der Waals surface area contributed by atoms with Gasteiger partial charge in [0.1, 0.15) is 0 Å². The third kappa shape index (κ3) is 5.88. The van der Waals surface area contributed by atoms with E-state index in [1.165, 1.54) is 44.3 Å². The van der Waals surface area contributed by atoms with Crippen LogP contribution in [0, 0.1) is 11.5 Å². The van der Waals surface area contributed by atoms with Crippen LogP contribution in [0.15, 0.2) is 5.57 Å². The van der Waals surface area contributed by atoms with Crippen molar-refractivity contribution >= 4 is 0 Å². The van der Waals surface area contributed by atoms with Crippen LogP contribution < -0.4 is 51.4 Å². The predicted octanol–water partition coefficient (Wildman–Crippen LogP) is 1.30. The molecular weight excluding hydrogens is 233 g/mol. The van der Waals surface area contributed by atoms with E-state index in [-0.39, 0.29) is 51.4 Å². The van der Waals surface area contributed by atoms with Gasteiger partial charge in [-0.15, -0.1) is 0 Å². The van der Waals surface area contributed by atoms with Crippen molar-refractivity contribution in [1.82, 2.24) is 4.90 Å². The van der Waals surface area contributed by atoms with Crippen molar-refractivity contribution in [2.75, 3.05) is 20.1 Å². The fourth-order valence-electron chi connectivity index (χ4n) is 2.67. The van der Waals surface area contributed by atoms with Gasteiger partial charge >= 0.3 is 51.4 Å². The fourth-order valence-corrected chi connectivity index (χ4v) is 2.67. The molecule has 1 spiro atoms. The summed E-state index contributed by atoms with van der Waals surface area (Å²) in [6.07, 6.45) is 8.83. The average molecular weight is 264 g/mol. The second kappa shape index (κ2) is 11.2. The maximum atomic E-state index is 3.53. The van der Waals surface area contributed by atoms with Crippen LogP contribution in [0.1, 0.15) is 60.3 Å². The van der Waals surface area contributed by atoms with Crippen molar-refractivity contribution in [2.24, 2.45) is 5.41 Å². The third-order valence-electron chi connectivity index (χ3n) is 3.56. The Hall–Kier alpha value is 1.34. The molecule has 1 saturated heterocycles. The van der Waals surface area contributed by atoms with Crippen molar-refractivity contribution in [3.8, 4) is 0 Å². The SMILES string of the molecule is CC.CC.CC1=[C-]CCCC12CCN(C)C2.[K+]. The number of hydrogen-bond acceptors (Lipinski definition) is 1. The van der Waals surface area contributed by atoms with E-state index < -0.39 is 0 Å². The Kier molecular flexibility index (Phi) is 13.6. The van der Waals surface area contributed by atoms with Crippen molar-refractivity contribution in [3.63, 3.8) is 0 Å². The van der Waals surface area contributed by atoms with Crippen LogP contribution >= 0.6 is 0 Å². The smallest absolute Gasteiger partial charge is 0.497 e. The number of likely N-dealkylation sites (tertiary alicyclic amines) is 1. The minimum absolute atomic E-state index is 0. The summed E-state index contributed by atoms with van der Waals surface area (Å²) in [6, 6.07) is 0. The van der Waals surface area contributed by atoms with Crippen LogP contribution in [0.25, 0.3) is 0 Å². The summed E-state index contributed by atoms with van der Waals surface area (Å²) >= 11 is 0. The predicted molar refractivity (Wildman–Crippen MR) is 73.5 cm³/mol. The number of hydrogen-bond donors (Lipinski definition) is 0. The quantitative estimate of drug-likeness (QED) is 0.470. The van der Waals surface area contributed by atoms with Crippen LogP contribution in [-0.2, 0) is 0 Å². The summed E-state index contributed by atoms with van der Waals surface area (Å²) in [7, 11) is 2.23. The van der Waals surface area contributed by atoms with Crippen LogP contribution in [0.5, 0.6) is 0 Å². The zero-order valence-corrected chi connectivity index (χ0v) is 16.3. The van der Waals surface area contributed by atoms with Gasteiger partial charge in [0.15, 0.2) is 0 Å². The number of nitrogens with zero attached hydrogens (tertiary/aromatic N) is 1. The Labute approximate surface area is 152 Å². The van der Waals surface area contributed by atoms with E-state index in [9.17, 15) is 0 Å². The van der Waals surface area contributed by atoms with E-state index in [1.807, 2.05) is 27.7 Å². The van der Waals surface area contributed by atoms with Gasteiger partial charge in [0.2, 0.25) is 0 Å². The van der Waals surface area contributed by atoms with Crippen molar-refractivity contribution < 1.29 is 51.4 Å². The first-order chi connectivity index (χ1) is 7.73. The fraction of sp³-hybridized carbons (Fsp3) is 0.867. The van der Waals surface area contributed by atoms with Gasteiger partial charge in [-0.1, -0.05) is 41.0 Å². The molecule has 2 aliphatic rings. The molecule has 1 heterocycles. The molecule has 2 heteroatoms. The van der Waals surface area contributed by atoms with Crippen LogP contribution in [0.4, 0.5) is 0 Å². The summed E-state index contributed by atoms with van der Waals surface area (Å²) in [5, 5.41) is 0. The molecule has 1 nitrogen and oxygen atoms in total. The van der Waals surface area contributed by atoms with Crippen molar-refractivity contribution in [3.05, 3.63) is 11.6 Å². The third-order valence-corrected chi connectivity index (χ3v) is 3.56. The van der Waals surface area contributed by atoms with E-state index in [0.717, 1.165) is 0 Å². The molecule has 0 aromatic heterocycles. The monoisotopic (exact) mass is 263 g/mol. The largest absolute Gasteiger partial charge is 1.00 e. The van der Waals surface area contributed by atoms with Gasteiger partial charge in [0.05, 0.1) is 0 Å². The van der Waals surface area contributed by atoms with E-state index in [0.29, 0.717) is 5.41 Å². The second-order valence-corrected chi connectivity index (χ2v) is 4.42. The molecule has 1 aliphatic carbocycles. The van der Waals surface area contributed by atoms with Gasteiger partial charge in [-0.05, 0) is 31.8 Å². The molecule has 0 bridgehead atoms. The summed E-state index contributed by atoms with van der Waals surface area (Å²) < 4.78 is 0. The Bertz CT molecular complexity index is 213. The van der Waals surface area contributed by atoms with Gasteiger partial charge in [0, 0.05) is 6.54 Å². The van der Waals surface area contributed by atoms with Gasteiger partial charge in [-0.3, -0.25) is 5.57 Å². The molecule has 1 unspecified atom stereocenters. The Balaban J connectivity index is 0. The van der Waals surface area contributed by atoms with Gasteiger partial charge in [-0.2, -0.15) is 6.42 Å². The maximum Gasteiger partial charge on any atom is 1.00 e. The van der Waals surface area contributed by atoms with E-state index in [2.05, 4.69) is 24.9 Å². The van der Waals surface area contributed by atoms with Crippen molar-refractivity contribution in [2.45, 2.75) is 60.3 Å². The molecule has 1 atom stereocenters. The molecule has 0 aromatic carbocycles. The number of allylic oxidation sites excluding steroid dienone is 1. The van der Waals surface area contributed by atoms with Crippen LogP contribution in [-0.4, -0.2) is 25.0 Å². The Morgan fingerprint density at radius 3 is 2.12 bits per heavy atom. The van der Waals surface area contributed by atoms with Crippen LogP contribution in [0.2, 0.25) is 0 Å². The molecular formula is C15H30KN. The summed E-state index contributed by atoms with van der Waals surface area (Å²) in [5.41, 5.74) is 2.07. The molecule has 0 aromatic rings. The minimum Gasteiger partial charge on any atom is -0.497 e. The van der Waals surface area contributed by atoms with Crippen LogP contribution in [0.3, 0.4) is 0 Å². The Morgan fingerprint density at radius 1 is 1.12 bits per heavy atom. The molecule has 0 amide bonds. The normalized spacial score (nSPS) is 27.1.